The number of aryl methyl sites for hydroxylation is 4. The van der Waals surface area contributed by atoms with E-state index in [1.165, 1.54) is 5.56 Å². The highest BCUT2D eigenvalue weighted by Gasteiger charge is 2.31. The molecule has 2 atom stereocenters. The highest BCUT2D eigenvalue weighted by atomic mass is 32.2. The minimum absolute atomic E-state index is 0.0156. The molecule has 0 radical (unpaired) electrons. The zero-order valence-electron chi connectivity index (χ0n) is 21.3. The van der Waals surface area contributed by atoms with Crippen LogP contribution in [0.25, 0.3) is 0 Å². The first kappa shape index (κ1) is 25.9. The molecule has 0 unspecified atom stereocenters. The maximum absolute atomic E-state index is 13.9. The van der Waals surface area contributed by atoms with Crippen molar-refractivity contribution in [3.05, 3.63) is 137 Å². The van der Waals surface area contributed by atoms with Crippen molar-refractivity contribution in [2.75, 3.05) is 0 Å². The summed E-state index contributed by atoms with van der Waals surface area (Å²) in [5.74, 6) is -0.0156. The average molecular weight is 498 g/mol. The van der Waals surface area contributed by atoms with Crippen molar-refractivity contribution in [3.8, 4) is 0 Å². The van der Waals surface area contributed by atoms with Crippen LogP contribution in [0.15, 0.2) is 108 Å². The van der Waals surface area contributed by atoms with Gasteiger partial charge in [-0.1, -0.05) is 109 Å². The maximum atomic E-state index is 13.9. The third-order valence-corrected chi connectivity index (χ3v) is 8.51. The van der Waals surface area contributed by atoms with Gasteiger partial charge in [0.05, 0.1) is 10.9 Å². The molecule has 0 spiro atoms. The fourth-order valence-electron chi connectivity index (χ4n) is 5.26. The monoisotopic (exact) mass is 497 g/mol. The summed E-state index contributed by atoms with van der Waals surface area (Å²) < 4.78 is 30.9. The van der Waals surface area contributed by atoms with Gasteiger partial charge < -0.3 is 0 Å². The minimum Gasteiger partial charge on any atom is -0.207 e. The van der Waals surface area contributed by atoms with E-state index in [9.17, 15) is 8.42 Å². The molecule has 0 aliphatic rings. The van der Waals surface area contributed by atoms with Crippen LogP contribution in [0.5, 0.6) is 0 Å². The Hall–Kier alpha value is -3.21. The van der Waals surface area contributed by atoms with E-state index >= 15 is 0 Å². The van der Waals surface area contributed by atoms with Crippen LogP contribution < -0.4 is 4.72 Å². The van der Waals surface area contributed by atoms with E-state index in [1.54, 1.807) is 0 Å². The van der Waals surface area contributed by atoms with E-state index in [1.807, 2.05) is 87.5 Å². The minimum atomic E-state index is -3.77. The second kappa shape index (κ2) is 11.7. The number of sulfonamides is 1. The summed E-state index contributed by atoms with van der Waals surface area (Å²) in [6, 6.07) is 34.2. The molecule has 36 heavy (non-hydrogen) atoms. The summed E-state index contributed by atoms with van der Waals surface area (Å²) in [6.07, 6.45) is 2.76. The standard InChI is InChI=1S/C32H35NO2S/c1-24-22-25(2)32(26(3)23-24)36(34,35)33-31(29-19-11-6-12-20-29)30(28-17-9-5-10-18-28)21-13-16-27-14-7-4-8-15-27/h4-12,14-15,17-20,22-23,30-31,33H,13,16,21H2,1-3H3/t30-,31+/m1/s1. The van der Waals surface area contributed by atoms with Gasteiger partial charge in [0, 0.05) is 5.92 Å². The van der Waals surface area contributed by atoms with Crippen LogP contribution in [0.2, 0.25) is 0 Å². The fourth-order valence-corrected chi connectivity index (χ4v) is 6.97. The summed E-state index contributed by atoms with van der Waals surface area (Å²) in [4.78, 5) is 0.380. The van der Waals surface area contributed by atoms with Crippen molar-refractivity contribution in [2.24, 2.45) is 0 Å². The fraction of sp³-hybridized carbons (Fsp3) is 0.250. The molecule has 0 heterocycles. The Morgan fingerprint density at radius 3 is 1.75 bits per heavy atom. The molecule has 4 rings (SSSR count). The molecular weight excluding hydrogens is 462 g/mol. The van der Waals surface area contributed by atoms with Crippen LogP contribution >= 0.6 is 0 Å². The van der Waals surface area contributed by atoms with Crippen molar-refractivity contribution in [2.45, 2.75) is 56.9 Å². The van der Waals surface area contributed by atoms with Gasteiger partial charge in [0.25, 0.3) is 0 Å². The van der Waals surface area contributed by atoms with E-state index in [0.717, 1.165) is 47.1 Å². The van der Waals surface area contributed by atoms with E-state index in [-0.39, 0.29) is 5.92 Å². The van der Waals surface area contributed by atoms with E-state index in [2.05, 4.69) is 41.1 Å². The van der Waals surface area contributed by atoms with Crippen molar-refractivity contribution < 1.29 is 8.42 Å². The zero-order chi connectivity index (χ0) is 25.5. The lowest BCUT2D eigenvalue weighted by Crippen LogP contribution is -2.33. The molecule has 0 bridgehead atoms. The van der Waals surface area contributed by atoms with Gasteiger partial charge in [-0.2, -0.15) is 0 Å². The molecule has 4 aromatic rings. The Kier molecular flexibility index (Phi) is 8.40. The van der Waals surface area contributed by atoms with E-state index in [0.29, 0.717) is 4.90 Å². The largest absolute Gasteiger partial charge is 0.241 e. The maximum Gasteiger partial charge on any atom is 0.241 e. The molecule has 186 valence electrons. The van der Waals surface area contributed by atoms with Gasteiger partial charge in [0.15, 0.2) is 0 Å². The first-order chi connectivity index (χ1) is 17.3. The predicted molar refractivity (Wildman–Crippen MR) is 149 cm³/mol. The highest BCUT2D eigenvalue weighted by Crippen LogP contribution is 2.37. The molecule has 0 amide bonds. The second-order valence-corrected chi connectivity index (χ2v) is 11.3. The summed E-state index contributed by atoms with van der Waals surface area (Å²) in [5.41, 5.74) is 6.01. The summed E-state index contributed by atoms with van der Waals surface area (Å²) in [5, 5.41) is 0. The van der Waals surface area contributed by atoms with Gasteiger partial charge in [0.2, 0.25) is 10.0 Å². The van der Waals surface area contributed by atoms with Crippen molar-refractivity contribution in [1.29, 1.82) is 0 Å². The number of hydrogen-bond donors (Lipinski definition) is 1. The smallest absolute Gasteiger partial charge is 0.207 e. The third kappa shape index (κ3) is 6.31. The first-order valence-corrected chi connectivity index (χ1v) is 14.1. The number of nitrogens with one attached hydrogen (secondary N) is 1. The quantitative estimate of drug-likeness (QED) is 0.247. The van der Waals surface area contributed by atoms with E-state index < -0.39 is 16.1 Å². The van der Waals surface area contributed by atoms with Crippen molar-refractivity contribution in [1.82, 2.24) is 4.72 Å². The Morgan fingerprint density at radius 1 is 0.694 bits per heavy atom. The molecule has 0 fully saturated rings. The molecule has 0 aliphatic heterocycles. The Morgan fingerprint density at radius 2 is 1.19 bits per heavy atom. The Bertz CT molecular complexity index is 1340. The predicted octanol–water partition coefficient (Wildman–Crippen LogP) is 7.44. The normalized spacial score (nSPS) is 13.3. The van der Waals surface area contributed by atoms with Crippen LogP contribution in [0.1, 0.15) is 58.2 Å². The van der Waals surface area contributed by atoms with Crippen molar-refractivity contribution in [3.63, 3.8) is 0 Å². The van der Waals surface area contributed by atoms with Gasteiger partial charge in [-0.3, -0.25) is 0 Å². The molecule has 3 nitrogen and oxygen atoms in total. The molecule has 1 N–H and O–H groups in total. The number of rotatable bonds is 10. The molecule has 4 aromatic carbocycles. The molecule has 0 aromatic heterocycles. The summed E-state index contributed by atoms with van der Waals surface area (Å²) >= 11 is 0. The zero-order valence-corrected chi connectivity index (χ0v) is 22.1. The van der Waals surface area contributed by atoms with Crippen molar-refractivity contribution >= 4 is 10.0 Å². The summed E-state index contributed by atoms with van der Waals surface area (Å²) in [6.45, 7) is 5.75. The number of hydrogen-bond acceptors (Lipinski definition) is 2. The lowest BCUT2D eigenvalue weighted by Gasteiger charge is -2.30. The third-order valence-electron chi connectivity index (χ3n) is 6.77. The SMILES string of the molecule is Cc1cc(C)c(S(=O)(=O)N[C@@H](c2ccccc2)[C@H](CCCc2ccccc2)c2ccccc2)c(C)c1. The molecular formula is C32H35NO2S. The second-order valence-electron chi connectivity index (χ2n) is 9.63. The summed E-state index contributed by atoms with van der Waals surface area (Å²) in [7, 11) is -3.77. The van der Waals surface area contributed by atoms with Crippen LogP contribution in [0.3, 0.4) is 0 Å². The molecule has 4 heteroatoms. The van der Waals surface area contributed by atoms with E-state index in [4.69, 9.17) is 0 Å². The topological polar surface area (TPSA) is 46.2 Å². The van der Waals surface area contributed by atoms with Crippen LogP contribution in [0.4, 0.5) is 0 Å². The van der Waals surface area contributed by atoms with Crippen LogP contribution in [0, 0.1) is 20.8 Å². The lowest BCUT2D eigenvalue weighted by molar-refractivity contribution is 0.460. The van der Waals surface area contributed by atoms with Crippen LogP contribution in [-0.4, -0.2) is 8.42 Å². The molecule has 0 saturated heterocycles. The van der Waals surface area contributed by atoms with Gasteiger partial charge in [0.1, 0.15) is 0 Å². The lowest BCUT2D eigenvalue weighted by atomic mass is 9.83. The first-order valence-electron chi connectivity index (χ1n) is 12.6. The van der Waals surface area contributed by atoms with Gasteiger partial charge >= 0.3 is 0 Å². The van der Waals surface area contributed by atoms with Crippen LogP contribution in [-0.2, 0) is 16.4 Å². The molecule has 0 saturated carbocycles. The highest BCUT2D eigenvalue weighted by molar-refractivity contribution is 7.89. The van der Waals surface area contributed by atoms with Gasteiger partial charge in [-0.15, -0.1) is 0 Å². The van der Waals surface area contributed by atoms with Gasteiger partial charge in [-0.25, -0.2) is 13.1 Å². The Labute approximate surface area is 216 Å². The Balaban J connectivity index is 1.72. The number of benzene rings is 4. The molecule has 0 aliphatic carbocycles. The average Bonchev–Trinajstić information content (AvgIpc) is 2.86. The van der Waals surface area contributed by atoms with Gasteiger partial charge in [-0.05, 0) is 67.9 Å².